The van der Waals surface area contributed by atoms with Crippen LogP contribution in [-0.2, 0) is 10.8 Å². The molecule has 0 spiro atoms. The third-order valence-electron chi connectivity index (χ3n) is 2.54. The number of hydrogen-bond donors (Lipinski definition) is 0. The van der Waals surface area contributed by atoms with Gasteiger partial charge in [0.05, 0.1) is 11.5 Å². The van der Waals surface area contributed by atoms with Crippen LogP contribution in [0.2, 0.25) is 0 Å². The molecule has 1 unspecified atom stereocenters. The fourth-order valence-electron chi connectivity index (χ4n) is 1.42. The van der Waals surface area contributed by atoms with E-state index in [1.807, 2.05) is 0 Å². The Morgan fingerprint density at radius 1 is 1.58 bits per heavy atom. The van der Waals surface area contributed by atoms with Crippen LogP contribution in [0.5, 0.6) is 0 Å². The molecule has 1 rings (SSSR count). The monoisotopic (exact) mass is 297 g/mol. The highest BCUT2D eigenvalue weighted by Crippen LogP contribution is 2.38. The van der Waals surface area contributed by atoms with Crippen LogP contribution in [0.25, 0.3) is 0 Å². The number of rotatable bonds is 1. The summed E-state index contributed by atoms with van der Waals surface area (Å²) in [6.07, 6.45) is 1.61. The molecule has 0 radical (unpaired) electrons. The minimum atomic E-state index is -0.659. The van der Waals surface area contributed by atoms with E-state index in [-0.39, 0.29) is 5.41 Å². The van der Waals surface area contributed by atoms with Gasteiger partial charge in [-0.3, -0.25) is 4.21 Å². The first kappa shape index (κ1) is 10.5. The van der Waals surface area contributed by atoms with E-state index in [1.165, 1.54) is 0 Å². The summed E-state index contributed by atoms with van der Waals surface area (Å²) in [5.74, 6) is 1.42. The molecule has 2 nitrogen and oxygen atoms in total. The molecule has 1 saturated heterocycles. The molecule has 0 aliphatic carbocycles. The molecule has 0 saturated carbocycles. The van der Waals surface area contributed by atoms with Gasteiger partial charge in [-0.2, -0.15) is 5.26 Å². The van der Waals surface area contributed by atoms with E-state index in [0.717, 1.165) is 12.8 Å². The Balaban J connectivity index is 2.71. The van der Waals surface area contributed by atoms with Gasteiger partial charge >= 0.3 is 0 Å². The van der Waals surface area contributed by atoms with Crippen molar-refractivity contribution in [2.24, 2.45) is 5.41 Å². The molecule has 1 aliphatic heterocycles. The third kappa shape index (κ3) is 1.99. The van der Waals surface area contributed by atoms with Gasteiger partial charge in [0, 0.05) is 26.2 Å². The van der Waals surface area contributed by atoms with Gasteiger partial charge in [-0.15, -0.1) is 0 Å². The molecule has 0 aromatic rings. The lowest BCUT2D eigenvalue weighted by Gasteiger charge is -2.32. The summed E-state index contributed by atoms with van der Waals surface area (Å²) in [5.41, 5.74) is -0.200. The van der Waals surface area contributed by atoms with E-state index in [1.54, 1.807) is 0 Å². The molecule has 1 fully saturated rings. The highest BCUT2D eigenvalue weighted by atomic mass is 127. The molecule has 68 valence electrons. The molecule has 0 bridgehead atoms. The summed E-state index contributed by atoms with van der Waals surface area (Å²) >= 11 is 2.30. The number of nitrogens with zero attached hydrogens (tertiary/aromatic N) is 1. The van der Waals surface area contributed by atoms with Crippen molar-refractivity contribution in [3.63, 3.8) is 0 Å². The van der Waals surface area contributed by atoms with Gasteiger partial charge in [0.2, 0.25) is 0 Å². The van der Waals surface area contributed by atoms with Crippen molar-refractivity contribution in [1.29, 1.82) is 5.26 Å². The summed E-state index contributed by atoms with van der Waals surface area (Å²) < 4.78 is 11.4. The molecule has 0 amide bonds. The number of hydrogen-bond acceptors (Lipinski definition) is 2. The fourth-order valence-corrected chi connectivity index (χ4v) is 3.57. The van der Waals surface area contributed by atoms with E-state index >= 15 is 0 Å². The van der Waals surface area contributed by atoms with E-state index in [0.29, 0.717) is 15.4 Å². The van der Waals surface area contributed by atoms with Gasteiger partial charge in [0.15, 0.2) is 0 Å². The van der Waals surface area contributed by atoms with Gasteiger partial charge in [0.1, 0.15) is 0 Å². The van der Waals surface area contributed by atoms with Crippen LogP contribution in [-0.4, -0.2) is 19.6 Å². The Kier molecular flexibility index (Phi) is 3.53. The van der Waals surface area contributed by atoms with Crippen LogP contribution >= 0.6 is 22.6 Å². The average Bonchev–Trinajstić information content (AvgIpc) is 2.06. The molecule has 0 N–H and O–H groups in total. The molecule has 12 heavy (non-hydrogen) atoms. The summed E-state index contributed by atoms with van der Waals surface area (Å²) in [6, 6.07) is 2.40. The number of nitriles is 1. The number of halogens is 1. The highest BCUT2D eigenvalue weighted by Gasteiger charge is 2.38. The molecule has 4 heteroatoms. The predicted molar refractivity (Wildman–Crippen MR) is 58.6 cm³/mol. The summed E-state index contributed by atoms with van der Waals surface area (Å²) in [5, 5.41) is 9.04. The van der Waals surface area contributed by atoms with Crippen LogP contribution < -0.4 is 0 Å². The van der Waals surface area contributed by atoms with Crippen LogP contribution in [0, 0.1) is 16.7 Å². The maximum atomic E-state index is 11.1. The second-order valence-corrected chi connectivity index (χ2v) is 6.80. The fraction of sp³-hybridized carbons (Fsp3) is 0.875. The van der Waals surface area contributed by atoms with Crippen LogP contribution in [0.1, 0.15) is 19.8 Å². The minimum Gasteiger partial charge on any atom is -0.260 e. The Morgan fingerprint density at radius 2 is 2.08 bits per heavy atom. The third-order valence-corrected chi connectivity index (χ3v) is 5.05. The molecule has 1 heterocycles. The van der Waals surface area contributed by atoms with Gasteiger partial charge in [0.25, 0.3) is 0 Å². The second kappa shape index (κ2) is 4.05. The van der Waals surface area contributed by atoms with E-state index < -0.39 is 10.8 Å². The molecule has 1 atom stereocenters. The van der Waals surface area contributed by atoms with Gasteiger partial charge in [-0.1, -0.05) is 29.5 Å². The SMILES string of the molecule is CC(I)C1(C#N)CCS(=O)CC1. The lowest BCUT2D eigenvalue weighted by atomic mass is 9.81. The van der Waals surface area contributed by atoms with Gasteiger partial charge < -0.3 is 0 Å². The van der Waals surface area contributed by atoms with Crippen molar-refractivity contribution in [2.75, 3.05) is 11.5 Å². The normalized spacial score (nSPS) is 38.6. The summed E-state index contributed by atoms with van der Waals surface area (Å²) in [4.78, 5) is 0. The van der Waals surface area contributed by atoms with Crippen molar-refractivity contribution in [3.8, 4) is 6.07 Å². The lowest BCUT2D eigenvalue weighted by Crippen LogP contribution is -2.35. The molecular formula is C8H12INOS. The molecular weight excluding hydrogens is 285 g/mol. The maximum absolute atomic E-state index is 11.1. The van der Waals surface area contributed by atoms with E-state index in [2.05, 4.69) is 35.6 Å². The van der Waals surface area contributed by atoms with Crippen molar-refractivity contribution in [1.82, 2.24) is 0 Å². The Hall–Kier alpha value is 0.370. The lowest BCUT2D eigenvalue weighted by molar-refractivity contribution is 0.367. The van der Waals surface area contributed by atoms with Crippen molar-refractivity contribution in [3.05, 3.63) is 0 Å². The summed E-state index contributed by atoms with van der Waals surface area (Å²) in [6.45, 7) is 2.07. The zero-order valence-electron chi connectivity index (χ0n) is 7.05. The molecule has 0 aromatic carbocycles. The van der Waals surface area contributed by atoms with Crippen molar-refractivity contribution < 1.29 is 4.21 Å². The van der Waals surface area contributed by atoms with Crippen molar-refractivity contribution in [2.45, 2.75) is 23.7 Å². The van der Waals surface area contributed by atoms with Gasteiger partial charge in [-0.25, -0.2) is 0 Å². The van der Waals surface area contributed by atoms with Crippen LogP contribution in [0.3, 0.4) is 0 Å². The smallest absolute Gasteiger partial charge is 0.0706 e. The van der Waals surface area contributed by atoms with E-state index in [9.17, 15) is 4.21 Å². The zero-order valence-corrected chi connectivity index (χ0v) is 10.0. The first-order valence-corrected chi connectivity index (χ1v) is 6.74. The number of alkyl halides is 1. The second-order valence-electron chi connectivity index (χ2n) is 3.23. The van der Waals surface area contributed by atoms with Crippen LogP contribution in [0.4, 0.5) is 0 Å². The van der Waals surface area contributed by atoms with Crippen LogP contribution in [0.15, 0.2) is 0 Å². The minimum absolute atomic E-state index is 0.200. The summed E-state index contributed by atoms with van der Waals surface area (Å²) in [7, 11) is -0.659. The topological polar surface area (TPSA) is 40.9 Å². The average molecular weight is 297 g/mol. The standard InChI is InChI=1S/C8H12INOS/c1-7(9)8(6-10)2-4-12(11)5-3-8/h7H,2-5H2,1H3. The Bertz CT molecular complexity index is 224. The predicted octanol–water partition coefficient (Wildman–Crippen LogP) is 1.86. The van der Waals surface area contributed by atoms with Crippen molar-refractivity contribution >= 4 is 33.4 Å². The van der Waals surface area contributed by atoms with Gasteiger partial charge in [-0.05, 0) is 12.8 Å². The van der Waals surface area contributed by atoms with E-state index in [4.69, 9.17) is 5.26 Å². The molecule has 1 aliphatic rings. The first-order chi connectivity index (χ1) is 5.60. The highest BCUT2D eigenvalue weighted by molar-refractivity contribution is 14.1. The Labute approximate surface area is 89.3 Å². The zero-order chi connectivity index (χ0) is 9.19. The maximum Gasteiger partial charge on any atom is 0.0706 e. The largest absolute Gasteiger partial charge is 0.260 e. The first-order valence-electron chi connectivity index (χ1n) is 4.01. The Morgan fingerprint density at radius 3 is 2.42 bits per heavy atom. The quantitative estimate of drug-likeness (QED) is 0.547. The molecule has 0 aromatic heterocycles.